The molecular formula is C18H21F2N5O3. The minimum atomic E-state index is -0.861. The molecule has 3 rings (SSSR count). The van der Waals surface area contributed by atoms with Crippen molar-refractivity contribution in [2.24, 2.45) is 0 Å². The number of amides is 1. The molecule has 1 amide bonds. The van der Waals surface area contributed by atoms with Crippen molar-refractivity contribution in [2.45, 2.75) is 26.4 Å². The number of nitro groups is 1. The van der Waals surface area contributed by atoms with E-state index in [1.54, 1.807) is 17.9 Å². The molecular weight excluding hydrogens is 372 g/mol. The molecule has 0 radical (unpaired) electrons. The summed E-state index contributed by atoms with van der Waals surface area (Å²) in [5, 5.41) is 14.6. The third-order valence-electron chi connectivity index (χ3n) is 4.84. The molecule has 150 valence electrons. The van der Waals surface area contributed by atoms with Crippen LogP contribution in [0.3, 0.4) is 0 Å². The van der Waals surface area contributed by atoms with Gasteiger partial charge in [0.25, 0.3) is 0 Å². The lowest BCUT2D eigenvalue weighted by molar-refractivity contribution is -0.389. The van der Waals surface area contributed by atoms with Crippen LogP contribution in [-0.2, 0) is 17.9 Å². The topological polar surface area (TPSA) is 84.5 Å². The van der Waals surface area contributed by atoms with Crippen molar-refractivity contribution in [2.75, 3.05) is 26.2 Å². The molecule has 1 aromatic heterocycles. The molecule has 0 aliphatic carbocycles. The monoisotopic (exact) mass is 393 g/mol. The van der Waals surface area contributed by atoms with Gasteiger partial charge in [-0.2, -0.15) is 4.68 Å². The molecule has 10 heteroatoms. The zero-order valence-electron chi connectivity index (χ0n) is 15.5. The van der Waals surface area contributed by atoms with Gasteiger partial charge in [0.2, 0.25) is 5.91 Å². The molecule has 2 aromatic rings. The molecule has 0 saturated carbocycles. The van der Waals surface area contributed by atoms with Gasteiger partial charge in [-0.05, 0) is 17.9 Å². The standard InChI is InChI=1S/C18H21F2N5O3/c1-13-11-16(25(27)28)21-24(13)6-5-17(26)23-9-7-22(8-10-23)12-14-3-2-4-15(19)18(14)20/h2-4,11H,5-10,12H2,1H3. The number of benzene rings is 1. The Kier molecular flexibility index (Phi) is 5.98. The molecule has 1 aromatic carbocycles. The summed E-state index contributed by atoms with van der Waals surface area (Å²) >= 11 is 0. The highest BCUT2D eigenvalue weighted by molar-refractivity contribution is 5.76. The largest absolute Gasteiger partial charge is 0.390 e. The first kappa shape index (κ1) is 19.9. The summed E-state index contributed by atoms with van der Waals surface area (Å²) in [5.74, 6) is -1.98. The molecule has 8 nitrogen and oxygen atoms in total. The van der Waals surface area contributed by atoms with E-state index < -0.39 is 16.6 Å². The van der Waals surface area contributed by atoms with E-state index in [0.29, 0.717) is 44.0 Å². The van der Waals surface area contributed by atoms with E-state index in [4.69, 9.17) is 0 Å². The molecule has 0 unspecified atom stereocenters. The van der Waals surface area contributed by atoms with E-state index in [1.807, 2.05) is 4.90 Å². The highest BCUT2D eigenvalue weighted by Crippen LogP contribution is 2.16. The lowest BCUT2D eigenvalue weighted by Crippen LogP contribution is -2.48. The lowest BCUT2D eigenvalue weighted by Gasteiger charge is -2.34. The minimum Gasteiger partial charge on any atom is -0.358 e. The number of aryl methyl sites for hydroxylation is 2. The number of aromatic nitrogens is 2. The third kappa shape index (κ3) is 4.50. The van der Waals surface area contributed by atoms with Crippen LogP contribution in [0.2, 0.25) is 0 Å². The SMILES string of the molecule is Cc1cc([N+](=O)[O-])nn1CCC(=O)N1CCN(Cc2cccc(F)c2F)CC1. The fourth-order valence-electron chi connectivity index (χ4n) is 3.23. The normalized spacial score (nSPS) is 15.0. The van der Waals surface area contributed by atoms with Gasteiger partial charge in [-0.3, -0.25) is 9.69 Å². The maximum atomic E-state index is 13.8. The predicted octanol–water partition coefficient (Wildman–Crippen LogP) is 2.11. The molecule has 0 spiro atoms. The number of hydrogen-bond donors (Lipinski definition) is 0. The molecule has 1 saturated heterocycles. The van der Waals surface area contributed by atoms with E-state index in [9.17, 15) is 23.7 Å². The average Bonchev–Trinajstić information content (AvgIpc) is 3.05. The second kappa shape index (κ2) is 8.42. The van der Waals surface area contributed by atoms with Gasteiger partial charge >= 0.3 is 5.82 Å². The average molecular weight is 393 g/mol. The van der Waals surface area contributed by atoms with Crippen molar-refractivity contribution < 1.29 is 18.5 Å². The maximum Gasteiger partial charge on any atom is 0.390 e. The van der Waals surface area contributed by atoms with Crippen molar-refractivity contribution in [1.29, 1.82) is 0 Å². The highest BCUT2D eigenvalue weighted by atomic mass is 19.2. The molecule has 0 atom stereocenters. The van der Waals surface area contributed by atoms with Crippen molar-refractivity contribution in [3.05, 3.63) is 57.3 Å². The molecule has 1 aliphatic heterocycles. The van der Waals surface area contributed by atoms with E-state index in [-0.39, 0.29) is 24.7 Å². The van der Waals surface area contributed by atoms with Gasteiger partial charge in [0, 0.05) is 44.7 Å². The quantitative estimate of drug-likeness (QED) is 0.554. The van der Waals surface area contributed by atoms with Crippen LogP contribution in [0.1, 0.15) is 17.7 Å². The molecule has 1 fully saturated rings. The van der Waals surface area contributed by atoms with Crippen LogP contribution in [0, 0.1) is 28.7 Å². The number of halogens is 2. The zero-order valence-corrected chi connectivity index (χ0v) is 15.5. The Bertz CT molecular complexity index is 878. The third-order valence-corrected chi connectivity index (χ3v) is 4.84. The first-order valence-corrected chi connectivity index (χ1v) is 8.97. The first-order valence-electron chi connectivity index (χ1n) is 8.97. The van der Waals surface area contributed by atoms with Gasteiger partial charge in [-0.15, -0.1) is 0 Å². The van der Waals surface area contributed by atoms with E-state index in [0.717, 1.165) is 6.07 Å². The number of rotatable bonds is 6. The fourth-order valence-corrected chi connectivity index (χ4v) is 3.23. The smallest absolute Gasteiger partial charge is 0.358 e. The Morgan fingerprint density at radius 1 is 1.25 bits per heavy atom. The van der Waals surface area contributed by atoms with Crippen molar-refractivity contribution >= 4 is 11.7 Å². The minimum absolute atomic E-state index is 0.0610. The summed E-state index contributed by atoms with van der Waals surface area (Å²) in [7, 11) is 0. The first-order chi connectivity index (χ1) is 13.3. The Balaban J connectivity index is 1.48. The van der Waals surface area contributed by atoms with Crippen LogP contribution in [0.5, 0.6) is 0 Å². The van der Waals surface area contributed by atoms with Crippen LogP contribution >= 0.6 is 0 Å². The second-order valence-electron chi connectivity index (χ2n) is 6.74. The zero-order chi connectivity index (χ0) is 20.3. The van der Waals surface area contributed by atoms with Crippen LogP contribution in [0.15, 0.2) is 24.3 Å². The Hall–Kier alpha value is -2.88. The fraction of sp³-hybridized carbons (Fsp3) is 0.444. The summed E-state index contributed by atoms with van der Waals surface area (Å²) in [6.45, 7) is 4.38. The van der Waals surface area contributed by atoms with Gasteiger partial charge in [0.1, 0.15) is 0 Å². The predicted molar refractivity (Wildman–Crippen MR) is 96.5 cm³/mol. The Labute approximate surface area is 160 Å². The van der Waals surface area contributed by atoms with Crippen LogP contribution in [0.4, 0.5) is 14.6 Å². The van der Waals surface area contributed by atoms with Crippen molar-refractivity contribution in [1.82, 2.24) is 19.6 Å². The summed E-state index contributed by atoms with van der Waals surface area (Å²) < 4.78 is 28.6. The van der Waals surface area contributed by atoms with Crippen LogP contribution in [-0.4, -0.2) is 56.6 Å². The van der Waals surface area contributed by atoms with Gasteiger partial charge in [-0.25, -0.2) is 8.78 Å². The van der Waals surface area contributed by atoms with Crippen LogP contribution in [0.25, 0.3) is 0 Å². The Morgan fingerprint density at radius 2 is 1.96 bits per heavy atom. The van der Waals surface area contributed by atoms with Crippen molar-refractivity contribution in [3.8, 4) is 0 Å². The summed E-state index contributed by atoms with van der Waals surface area (Å²) in [6, 6.07) is 5.50. The molecule has 1 aliphatic rings. The Morgan fingerprint density at radius 3 is 2.61 bits per heavy atom. The number of piperazine rings is 1. The molecule has 2 heterocycles. The molecule has 0 bridgehead atoms. The van der Waals surface area contributed by atoms with E-state index in [2.05, 4.69) is 5.10 Å². The second-order valence-corrected chi connectivity index (χ2v) is 6.74. The maximum absolute atomic E-state index is 13.8. The highest BCUT2D eigenvalue weighted by Gasteiger charge is 2.23. The van der Waals surface area contributed by atoms with E-state index in [1.165, 1.54) is 16.8 Å². The van der Waals surface area contributed by atoms with E-state index >= 15 is 0 Å². The van der Waals surface area contributed by atoms with Gasteiger partial charge in [0.05, 0.1) is 23.4 Å². The van der Waals surface area contributed by atoms with Crippen molar-refractivity contribution in [3.63, 3.8) is 0 Å². The van der Waals surface area contributed by atoms with Crippen LogP contribution < -0.4 is 0 Å². The van der Waals surface area contributed by atoms with Gasteiger partial charge in [-0.1, -0.05) is 12.1 Å². The number of hydrogen-bond acceptors (Lipinski definition) is 5. The number of carbonyl (C=O) groups excluding carboxylic acids is 1. The lowest BCUT2D eigenvalue weighted by atomic mass is 10.1. The summed E-state index contributed by atoms with van der Waals surface area (Å²) in [5.41, 5.74) is 0.928. The van der Waals surface area contributed by atoms with Gasteiger partial charge < -0.3 is 15.0 Å². The summed E-state index contributed by atoms with van der Waals surface area (Å²) in [4.78, 5) is 26.3. The van der Waals surface area contributed by atoms with Gasteiger partial charge in [0.15, 0.2) is 11.6 Å². The number of nitrogens with zero attached hydrogens (tertiary/aromatic N) is 5. The molecule has 28 heavy (non-hydrogen) atoms. The summed E-state index contributed by atoms with van der Waals surface area (Å²) in [6.07, 6.45) is 0.193. The number of carbonyl (C=O) groups is 1. The molecule has 0 N–H and O–H groups in total.